The third kappa shape index (κ3) is 3.57. The highest BCUT2D eigenvalue weighted by molar-refractivity contribution is 5.85. The largest absolute Gasteiger partial charge is 0.335 e. The van der Waals surface area contributed by atoms with Gasteiger partial charge in [0, 0.05) is 37.3 Å². The molecule has 144 valence electrons. The van der Waals surface area contributed by atoms with Crippen molar-refractivity contribution in [3.05, 3.63) is 68.0 Å². The molecule has 2 saturated heterocycles. The van der Waals surface area contributed by atoms with Crippen LogP contribution in [0.4, 0.5) is 0 Å². The number of hydrogen-bond acceptors (Lipinski definition) is 4. The molecule has 0 saturated carbocycles. The average Bonchev–Trinajstić information content (AvgIpc) is 3.19. The van der Waals surface area contributed by atoms with Gasteiger partial charge in [0.1, 0.15) is 0 Å². The molecule has 0 aliphatic carbocycles. The highest BCUT2D eigenvalue weighted by Crippen LogP contribution is 2.43. The number of amides is 1. The van der Waals surface area contributed by atoms with Crippen LogP contribution < -0.4 is 16.6 Å². The molecular weight excluding hydrogens is 368 g/mol. The first-order chi connectivity index (χ1) is 12.5. The molecule has 0 spiro atoms. The fourth-order valence-corrected chi connectivity index (χ4v) is 4.33. The molecule has 2 fully saturated rings. The number of H-pyrrole nitrogens is 2. The third-order valence-corrected chi connectivity index (χ3v) is 5.63. The third-order valence-electron chi connectivity index (χ3n) is 5.63. The van der Waals surface area contributed by atoms with Crippen molar-refractivity contribution in [2.24, 2.45) is 11.8 Å². The minimum atomic E-state index is -0.564. The summed E-state index contributed by atoms with van der Waals surface area (Å²) in [5.74, 6) is 0.733. The number of aryl methyl sites for hydroxylation is 1. The molecule has 8 heteroatoms. The zero-order chi connectivity index (χ0) is 18.3. The number of likely N-dealkylation sites (tertiary alicyclic amines) is 1. The summed E-state index contributed by atoms with van der Waals surface area (Å²) >= 11 is 0. The highest BCUT2D eigenvalue weighted by atomic mass is 35.5. The zero-order valence-electron chi connectivity index (χ0n) is 15.0. The molecular formula is C19H23ClN4O3. The Morgan fingerprint density at radius 2 is 2.00 bits per heavy atom. The number of fused-ring (bicyclic) bond motifs is 1. The van der Waals surface area contributed by atoms with Gasteiger partial charge in [0.15, 0.2) is 0 Å². The Bertz CT molecular complexity index is 954. The number of nitrogens with zero attached hydrogens (tertiary/aromatic N) is 1. The van der Waals surface area contributed by atoms with Crippen LogP contribution in [-0.4, -0.2) is 40.4 Å². The summed E-state index contributed by atoms with van der Waals surface area (Å²) in [6.07, 6.45) is 1.32. The number of carbonyl (C=O) groups excluding carboxylic acids is 1. The summed E-state index contributed by atoms with van der Waals surface area (Å²) in [5, 5.41) is 3.44. The second kappa shape index (κ2) is 7.70. The van der Waals surface area contributed by atoms with Crippen LogP contribution in [0.5, 0.6) is 0 Å². The molecule has 27 heavy (non-hydrogen) atoms. The molecule has 2 aromatic rings. The van der Waals surface area contributed by atoms with Crippen LogP contribution in [0.1, 0.15) is 22.7 Å². The van der Waals surface area contributed by atoms with E-state index in [1.165, 1.54) is 17.3 Å². The van der Waals surface area contributed by atoms with Gasteiger partial charge in [-0.2, -0.15) is 0 Å². The lowest BCUT2D eigenvalue weighted by Gasteiger charge is -2.29. The van der Waals surface area contributed by atoms with Crippen molar-refractivity contribution in [1.82, 2.24) is 20.2 Å². The van der Waals surface area contributed by atoms with Crippen molar-refractivity contribution in [2.75, 3.05) is 19.6 Å². The van der Waals surface area contributed by atoms with Crippen LogP contribution in [0.3, 0.4) is 0 Å². The van der Waals surface area contributed by atoms with Crippen LogP contribution in [0.25, 0.3) is 0 Å². The Labute approximate surface area is 162 Å². The number of hydrogen-bond donors (Lipinski definition) is 3. The first-order valence-electron chi connectivity index (χ1n) is 8.91. The standard InChI is InChI=1S/C19H22N4O3.ClH/c1-11-4-2-3-5-14(11)17-15-9-20-7-13(15)10-23(17)16(24)6-12-8-21-19(26)22-18(12)25;/h2-5,8,13,15,17,20H,6-7,9-10H2,1H3,(H2,21,22,25,26);1H/t13-,15-,17+;/m0./s1. The second-order valence-corrected chi connectivity index (χ2v) is 7.20. The average molecular weight is 391 g/mol. The van der Waals surface area contributed by atoms with Crippen molar-refractivity contribution < 1.29 is 4.79 Å². The molecule has 1 aromatic carbocycles. The van der Waals surface area contributed by atoms with Gasteiger partial charge in [0.05, 0.1) is 12.5 Å². The van der Waals surface area contributed by atoms with Gasteiger partial charge >= 0.3 is 5.69 Å². The molecule has 0 radical (unpaired) electrons. The summed E-state index contributed by atoms with van der Waals surface area (Å²) in [6, 6.07) is 8.19. The van der Waals surface area contributed by atoms with Crippen molar-refractivity contribution >= 4 is 18.3 Å². The molecule has 3 heterocycles. The lowest BCUT2D eigenvalue weighted by molar-refractivity contribution is -0.132. The molecule has 3 N–H and O–H groups in total. The van der Waals surface area contributed by atoms with Gasteiger partial charge in [-0.05, 0) is 24.0 Å². The summed E-state index contributed by atoms with van der Waals surface area (Å²) < 4.78 is 0. The van der Waals surface area contributed by atoms with Crippen LogP contribution in [0, 0.1) is 18.8 Å². The number of halogens is 1. The highest BCUT2D eigenvalue weighted by Gasteiger charge is 2.46. The summed E-state index contributed by atoms with van der Waals surface area (Å²) in [7, 11) is 0. The van der Waals surface area contributed by atoms with Crippen LogP contribution in [0.2, 0.25) is 0 Å². The van der Waals surface area contributed by atoms with E-state index in [1.54, 1.807) is 0 Å². The Morgan fingerprint density at radius 3 is 2.74 bits per heavy atom. The van der Waals surface area contributed by atoms with E-state index in [2.05, 4.69) is 34.3 Å². The van der Waals surface area contributed by atoms with E-state index in [9.17, 15) is 14.4 Å². The van der Waals surface area contributed by atoms with E-state index in [0.717, 1.165) is 13.1 Å². The van der Waals surface area contributed by atoms with Crippen molar-refractivity contribution in [2.45, 2.75) is 19.4 Å². The second-order valence-electron chi connectivity index (χ2n) is 7.20. The number of benzene rings is 1. The molecule has 2 aliphatic rings. The number of nitrogens with one attached hydrogen (secondary N) is 3. The minimum Gasteiger partial charge on any atom is -0.335 e. The Morgan fingerprint density at radius 1 is 1.22 bits per heavy atom. The lowest BCUT2D eigenvalue weighted by Crippen LogP contribution is -2.37. The number of carbonyl (C=O) groups is 1. The smallest absolute Gasteiger partial charge is 0.325 e. The van der Waals surface area contributed by atoms with E-state index in [-0.39, 0.29) is 36.3 Å². The molecule has 2 aliphatic heterocycles. The first-order valence-corrected chi connectivity index (χ1v) is 8.91. The molecule has 0 unspecified atom stereocenters. The van der Waals surface area contributed by atoms with Crippen molar-refractivity contribution in [3.63, 3.8) is 0 Å². The van der Waals surface area contributed by atoms with E-state index in [4.69, 9.17) is 0 Å². The van der Waals surface area contributed by atoms with Crippen molar-refractivity contribution in [1.29, 1.82) is 0 Å². The lowest BCUT2D eigenvalue weighted by atomic mass is 9.87. The minimum absolute atomic E-state index is 0. The molecule has 4 rings (SSSR count). The predicted molar refractivity (Wildman–Crippen MR) is 104 cm³/mol. The van der Waals surface area contributed by atoms with Crippen molar-refractivity contribution in [3.8, 4) is 0 Å². The Balaban J connectivity index is 0.00000210. The maximum absolute atomic E-state index is 13.0. The van der Waals surface area contributed by atoms with E-state index < -0.39 is 11.2 Å². The zero-order valence-corrected chi connectivity index (χ0v) is 15.8. The maximum atomic E-state index is 13.0. The van der Waals surface area contributed by atoms with Gasteiger partial charge < -0.3 is 15.2 Å². The van der Waals surface area contributed by atoms with Gasteiger partial charge in [0.2, 0.25) is 5.91 Å². The fourth-order valence-electron chi connectivity index (χ4n) is 4.33. The number of rotatable bonds is 3. The van der Waals surface area contributed by atoms with Gasteiger partial charge in [0.25, 0.3) is 5.56 Å². The topological polar surface area (TPSA) is 98.1 Å². The van der Waals surface area contributed by atoms with Crippen LogP contribution in [-0.2, 0) is 11.2 Å². The summed E-state index contributed by atoms with van der Waals surface area (Å²) in [5.41, 5.74) is 1.56. The molecule has 0 bridgehead atoms. The molecule has 1 amide bonds. The fraction of sp³-hybridized carbons (Fsp3) is 0.421. The van der Waals surface area contributed by atoms with Gasteiger partial charge in [-0.3, -0.25) is 14.6 Å². The van der Waals surface area contributed by atoms with Gasteiger partial charge in [-0.15, -0.1) is 12.4 Å². The molecule has 3 atom stereocenters. The van der Waals surface area contributed by atoms with E-state index in [0.29, 0.717) is 18.4 Å². The van der Waals surface area contributed by atoms with Crippen LogP contribution >= 0.6 is 12.4 Å². The normalized spacial score (nSPS) is 23.7. The number of aromatic amines is 2. The van der Waals surface area contributed by atoms with E-state index in [1.807, 2.05) is 17.0 Å². The Hall–Kier alpha value is -2.38. The molecule has 1 aromatic heterocycles. The predicted octanol–water partition coefficient (Wildman–Crippen LogP) is 0.755. The number of aromatic nitrogens is 2. The maximum Gasteiger partial charge on any atom is 0.325 e. The Kier molecular flexibility index (Phi) is 5.53. The van der Waals surface area contributed by atoms with Crippen LogP contribution in [0.15, 0.2) is 40.1 Å². The summed E-state index contributed by atoms with van der Waals surface area (Å²) in [4.78, 5) is 42.7. The SMILES string of the molecule is Cc1ccccc1[C@@H]1[C@H]2CNC[C@H]2CN1C(=O)Cc1c[nH]c(=O)[nH]c1=O.Cl. The first kappa shape index (κ1) is 19.4. The molecule has 7 nitrogen and oxygen atoms in total. The van der Waals surface area contributed by atoms with Gasteiger partial charge in [-0.1, -0.05) is 24.3 Å². The van der Waals surface area contributed by atoms with E-state index >= 15 is 0 Å². The van der Waals surface area contributed by atoms with Gasteiger partial charge in [-0.25, -0.2) is 4.79 Å². The summed E-state index contributed by atoms with van der Waals surface area (Å²) in [6.45, 7) is 4.57. The monoisotopic (exact) mass is 390 g/mol. The quantitative estimate of drug-likeness (QED) is 0.720.